The maximum Gasteiger partial charge on any atom is 0.338 e. The summed E-state index contributed by atoms with van der Waals surface area (Å²) < 4.78 is 13.5. The molecular formula is C20H24N2O3S. The molecule has 0 amide bonds. The highest BCUT2D eigenvalue weighted by molar-refractivity contribution is 7.97. The second kappa shape index (κ2) is 8.47. The first-order chi connectivity index (χ1) is 12.6. The Kier molecular flexibility index (Phi) is 6.06. The number of benzene rings is 2. The minimum absolute atomic E-state index is 0.328. The monoisotopic (exact) mass is 372 g/mol. The van der Waals surface area contributed by atoms with Crippen LogP contribution < -0.4 is 10.5 Å². The Balaban J connectivity index is 1.94. The van der Waals surface area contributed by atoms with Gasteiger partial charge < -0.3 is 15.2 Å². The molecule has 2 aromatic rings. The lowest BCUT2D eigenvalue weighted by molar-refractivity contribution is 0.0526. The van der Waals surface area contributed by atoms with E-state index < -0.39 is 0 Å². The van der Waals surface area contributed by atoms with E-state index in [1.54, 1.807) is 31.0 Å². The van der Waals surface area contributed by atoms with E-state index in [1.807, 2.05) is 31.2 Å². The van der Waals surface area contributed by atoms with Crippen LogP contribution in [0, 0.1) is 6.92 Å². The summed E-state index contributed by atoms with van der Waals surface area (Å²) in [6.45, 7) is 6.17. The van der Waals surface area contributed by atoms with Gasteiger partial charge in [-0.1, -0.05) is 17.7 Å². The van der Waals surface area contributed by atoms with Crippen LogP contribution >= 0.6 is 11.9 Å². The van der Waals surface area contributed by atoms with Crippen LogP contribution in [-0.2, 0) is 4.74 Å². The number of nitrogens with zero attached hydrogens (tertiary/aromatic N) is 1. The zero-order valence-corrected chi connectivity index (χ0v) is 16.0. The number of carbonyl (C=O) groups excluding carboxylic acids is 1. The predicted molar refractivity (Wildman–Crippen MR) is 105 cm³/mol. The lowest BCUT2D eigenvalue weighted by atomic mass is 10.2. The van der Waals surface area contributed by atoms with E-state index in [-0.39, 0.29) is 5.97 Å². The van der Waals surface area contributed by atoms with Gasteiger partial charge in [0.1, 0.15) is 5.75 Å². The highest BCUT2D eigenvalue weighted by Crippen LogP contribution is 2.41. The average Bonchev–Trinajstić information content (AvgIpc) is 3.12. The molecule has 5 nitrogen and oxygen atoms in total. The molecule has 2 N–H and O–H groups in total. The topological polar surface area (TPSA) is 64.8 Å². The van der Waals surface area contributed by atoms with Crippen molar-refractivity contribution in [1.29, 1.82) is 0 Å². The Hall–Kier alpha value is -2.18. The third-order valence-electron chi connectivity index (χ3n) is 4.13. The molecule has 138 valence electrons. The summed E-state index contributed by atoms with van der Waals surface area (Å²) in [6, 6.07) is 11.2. The van der Waals surface area contributed by atoms with Crippen molar-refractivity contribution < 1.29 is 14.3 Å². The van der Waals surface area contributed by atoms with Gasteiger partial charge in [0.15, 0.2) is 5.75 Å². The standard InChI is InChI=1S/C20H24N2O3S/c1-3-24-20(23)15-12-17(21)19(25-16-8-6-14(2)7-9-16)18(13-15)26-22-10-4-5-11-22/h6-9,12-13H,3-5,10-11,21H2,1-2H3. The smallest absolute Gasteiger partial charge is 0.338 e. The number of esters is 1. The summed E-state index contributed by atoms with van der Waals surface area (Å²) in [5.74, 6) is 0.928. The van der Waals surface area contributed by atoms with Crippen LogP contribution in [0.4, 0.5) is 5.69 Å². The lowest BCUT2D eigenvalue weighted by Gasteiger charge is -2.19. The Morgan fingerprint density at radius 2 is 1.88 bits per heavy atom. The Morgan fingerprint density at radius 3 is 2.54 bits per heavy atom. The number of anilines is 1. The van der Waals surface area contributed by atoms with Crippen molar-refractivity contribution in [2.45, 2.75) is 31.6 Å². The molecule has 26 heavy (non-hydrogen) atoms. The quantitative estimate of drug-likeness (QED) is 0.452. The first-order valence-corrected chi connectivity index (χ1v) is 9.62. The third-order valence-corrected chi connectivity index (χ3v) is 5.25. The van der Waals surface area contributed by atoms with Crippen LogP contribution in [0.3, 0.4) is 0 Å². The van der Waals surface area contributed by atoms with Crippen LogP contribution in [0.25, 0.3) is 0 Å². The molecule has 0 unspecified atom stereocenters. The van der Waals surface area contributed by atoms with Gasteiger partial charge in [0.05, 0.1) is 22.8 Å². The van der Waals surface area contributed by atoms with E-state index in [0.29, 0.717) is 23.6 Å². The summed E-state index contributed by atoms with van der Waals surface area (Å²) in [4.78, 5) is 13.0. The van der Waals surface area contributed by atoms with Crippen LogP contribution in [0.5, 0.6) is 11.5 Å². The number of rotatable bonds is 6. The second-order valence-electron chi connectivity index (χ2n) is 6.26. The molecule has 1 heterocycles. The Labute approximate surface area is 158 Å². The molecule has 0 aliphatic carbocycles. The number of nitrogen functional groups attached to an aromatic ring is 1. The van der Waals surface area contributed by atoms with Gasteiger partial charge in [-0.2, -0.15) is 0 Å². The molecule has 1 saturated heterocycles. The molecular weight excluding hydrogens is 348 g/mol. The lowest BCUT2D eigenvalue weighted by Crippen LogP contribution is -2.11. The molecule has 1 aliphatic heterocycles. The van der Waals surface area contributed by atoms with Crippen LogP contribution in [0.15, 0.2) is 41.3 Å². The molecule has 0 spiro atoms. The summed E-state index contributed by atoms with van der Waals surface area (Å²) in [6.07, 6.45) is 2.35. The van der Waals surface area contributed by atoms with E-state index in [9.17, 15) is 4.79 Å². The number of ether oxygens (including phenoxy) is 2. The fourth-order valence-corrected chi connectivity index (χ4v) is 3.92. The van der Waals surface area contributed by atoms with Crippen molar-refractivity contribution in [2.75, 3.05) is 25.4 Å². The molecule has 1 aliphatic rings. The number of nitrogens with two attached hydrogens (primary N) is 1. The molecule has 2 aromatic carbocycles. The highest BCUT2D eigenvalue weighted by atomic mass is 32.2. The van der Waals surface area contributed by atoms with Crippen molar-refractivity contribution in [3.8, 4) is 11.5 Å². The summed E-state index contributed by atoms with van der Waals surface area (Å²) >= 11 is 1.58. The van der Waals surface area contributed by atoms with Crippen LogP contribution in [0.1, 0.15) is 35.7 Å². The molecule has 0 atom stereocenters. The van der Waals surface area contributed by atoms with Gasteiger partial charge in [-0.05, 0) is 62.9 Å². The van der Waals surface area contributed by atoms with E-state index >= 15 is 0 Å². The molecule has 3 rings (SSSR count). The number of hydrogen-bond donors (Lipinski definition) is 1. The summed E-state index contributed by atoms with van der Waals surface area (Å²) in [5.41, 5.74) is 8.28. The SMILES string of the molecule is CCOC(=O)c1cc(N)c(Oc2ccc(C)cc2)c(SN2CCCC2)c1. The van der Waals surface area contributed by atoms with Crippen LogP contribution in [-0.4, -0.2) is 30.0 Å². The molecule has 0 saturated carbocycles. The summed E-state index contributed by atoms with van der Waals surface area (Å²) in [7, 11) is 0. The van der Waals surface area contributed by atoms with E-state index in [0.717, 1.165) is 29.3 Å². The van der Waals surface area contributed by atoms with E-state index in [1.165, 1.54) is 12.8 Å². The molecule has 6 heteroatoms. The predicted octanol–water partition coefficient (Wildman–Crippen LogP) is 4.65. The number of hydrogen-bond acceptors (Lipinski definition) is 6. The van der Waals surface area contributed by atoms with Gasteiger partial charge in [0.25, 0.3) is 0 Å². The minimum atomic E-state index is -0.371. The van der Waals surface area contributed by atoms with Crippen molar-refractivity contribution >= 4 is 23.6 Å². The zero-order chi connectivity index (χ0) is 18.5. The fraction of sp³-hybridized carbons (Fsp3) is 0.350. The van der Waals surface area contributed by atoms with Gasteiger partial charge in [0, 0.05) is 13.1 Å². The average molecular weight is 372 g/mol. The third kappa shape index (κ3) is 4.51. The number of aryl methyl sites for hydroxylation is 1. The second-order valence-corrected chi connectivity index (χ2v) is 7.39. The van der Waals surface area contributed by atoms with Crippen molar-refractivity contribution in [3.63, 3.8) is 0 Å². The number of carbonyl (C=O) groups is 1. The molecule has 0 aromatic heterocycles. The minimum Gasteiger partial charge on any atom is -0.462 e. The van der Waals surface area contributed by atoms with Gasteiger partial charge in [-0.25, -0.2) is 9.10 Å². The van der Waals surface area contributed by atoms with E-state index in [4.69, 9.17) is 15.2 Å². The maximum atomic E-state index is 12.2. The van der Waals surface area contributed by atoms with Crippen LogP contribution in [0.2, 0.25) is 0 Å². The first kappa shape index (κ1) is 18.6. The highest BCUT2D eigenvalue weighted by Gasteiger charge is 2.21. The maximum absolute atomic E-state index is 12.2. The normalized spacial score (nSPS) is 14.4. The molecule has 1 fully saturated rings. The Morgan fingerprint density at radius 1 is 1.19 bits per heavy atom. The van der Waals surface area contributed by atoms with Gasteiger partial charge in [-0.3, -0.25) is 0 Å². The zero-order valence-electron chi connectivity index (χ0n) is 15.2. The van der Waals surface area contributed by atoms with Crippen molar-refractivity contribution in [2.24, 2.45) is 0 Å². The first-order valence-electron chi connectivity index (χ1n) is 8.85. The van der Waals surface area contributed by atoms with Gasteiger partial charge in [0.2, 0.25) is 0 Å². The van der Waals surface area contributed by atoms with E-state index in [2.05, 4.69) is 4.31 Å². The fourth-order valence-electron chi connectivity index (χ4n) is 2.78. The van der Waals surface area contributed by atoms with Gasteiger partial charge in [-0.15, -0.1) is 0 Å². The van der Waals surface area contributed by atoms with Crippen molar-refractivity contribution in [1.82, 2.24) is 4.31 Å². The van der Waals surface area contributed by atoms with Crippen molar-refractivity contribution in [3.05, 3.63) is 47.5 Å². The van der Waals surface area contributed by atoms with Gasteiger partial charge >= 0.3 is 5.97 Å². The molecule has 0 bridgehead atoms. The Bertz CT molecular complexity index is 771. The molecule has 0 radical (unpaired) electrons. The largest absolute Gasteiger partial charge is 0.462 e. The summed E-state index contributed by atoms with van der Waals surface area (Å²) in [5, 5.41) is 0.